The molecule has 1 saturated carbocycles. The lowest BCUT2D eigenvalue weighted by Crippen LogP contribution is -2.13. The van der Waals surface area contributed by atoms with Gasteiger partial charge in [-0.15, -0.1) is 0 Å². The van der Waals surface area contributed by atoms with Crippen molar-refractivity contribution in [3.63, 3.8) is 0 Å². The van der Waals surface area contributed by atoms with Gasteiger partial charge in [0.05, 0.1) is 4.90 Å². The van der Waals surface area contributed by atoms with E-state index >= 15 is 0 Å². The summed E-state index contributed by atoms with van der Waals surface area (Å²) in [7, 11) is -3.57. The molecule has 1 aliphatic carbocycles. The summed E-state index contributed by atoms with van der Waals surface area (Å²) in [6.07, 6.45) is 4.67. The summed E-state index contributed by atoms with van der Waals surface area (Å²) < 4.78 is 27.6. The average molecular weight is 330 g/mol. The highest BCUT2D eigenvalue weighted by Gasteiger charge is 2.21. The Morgan fingerprint density at radius 3 is 2.35 bits per heavy atom. The molecule has 0 amide bonds. The van der Waals surface area contributed by atoms with E-state index < -0.39 is 10.0 Å². The zero-order valence-electron chi connectivity index (χ0n) is 13.2. The Morgan fingerprint density at radius 1 is 1.04 bits per heavy atom. The van der Waals surface area contributed by atoms with Crippen molar-refractivity contribution >= 4 is 21.4 Å². The molecule has 23 heavy (non-hydrogen) atoms. The van der Waals surface area contributed by atoms with E-state index in [1.54, 1.807) is 36.4 Å². The minimum absolute atomic E-state index is 0.266. The third-order valence-corrected chi connectivity index (χ3v) is 5.86. The molecule has 1 aliphatic rings. The van der Waals surface area contributed by atoms with Gasteiger partial charge in [0.2, 0.25) is 0 Å². The Balaban J connectivity index is 1.87. The van der Waals surface area contributed by atoms with Gasteiger partial charge in [-0.1, -0.05) is 30.5 Å². The molecule has 0 heterocycles. The number of sulfonamides is 1. The molecule has 0 aromatic heterocycles. The molecule has 3 rings (SSSR count). The topological polar surface area (TPSA) is 72.2 Å². The lowest BCUT2D eigenvalue weighted by molar-refractivity contribution is 0.601. The number of nitrogens with one attached hydrogen (secondary N) is 1. The predicted molar refractivity (Wildman–Crippen MR) is 94.1 cm³/mol. The number of aryl methyl sites for hydroxylation is 1. The van der Waals surface area contributed by atoms with Crippen LogP contribution in [0.3, 0.4) is 0 Å². The lowest BCUT2D eigenvalue weighted by Gasteiger charge is -2.15. The summed E-state index contributed by atoms with van der Waals surface area (Å²) in [5.41, 5.74) is 9.49. The highest BCUT2D eigenvalue weighted by molar-refractivity contribution is 7.92. The second-order valence-corrected chi connectivity index (χ2v) is 7.93. The highest BCUT2D eigenvalue weighted by Crippen LogP contribution is 2.38. The van der Waals surface area contributed by atoms with E-state index in [2.05, 4.69) is 4.72 Å². The fraction of sp³-hybridized carbons (Fsp3) is 0.333. The molecule has 0 radical (unpaired) electrons. The van der Waals surface area contributed by atoms with E-state index in [1.807, 2.05) is 13.0 Å². The molecular weight excluding hydrogens is 308 g/mol. The van der Waals surface area contributed by atoms with Crippen molar-refractivity contribution in [3.05, 3.63) is 53.6 Å². The highest BCUT2D eigenvalue weighted by atomic mass is 32.2. The molecule has 0 saturated heterocycles. The van der Waals surface area contributed by atoms with Crippen LogP contribution in [0.15, 0.2) is 47.4 Å². The second-order valence-electron chi connectivity index (χ2n) is 6.24. The van der Waals surface area contributed by atoms with Crippen molar-refractivity contribution < 1.29 is 8.42 Å². The van der Waals surface area contributed by atoms with E-state index in [9.17, 15) is 8.42 Å². The number of nitrogen functional groups attached to an aromatic ring is 1. The Kier molecular flexibility index (Phi) is 4.31. The maximum atomic E-state index is 12.5. The summed E-state index contributed by atoms with van der Waals surface area (Å²) in [6.45, 7) is 1.93. The SMILES string of the molecule is Cc1ccc(S(=O)(=O)Nc2ccc(N)c(C3CCCC3)c2)cc1. The molecule has 0 spiro atoms. The van der Waals surface area contributed by atoms with Gasteiger partial charge in [0.15, 0.2) is 0 Å². The predicted octanol–water partition coefficient (Wildman–Crippen LogP) is 4.04. The number of hydrogen-bond acceptors (Lipinski definition) is 3. The first-order valence-electron chi connectivity index (χ1n) is 7.94. The second kappa shape index (κ2) is 6.24. The fourth-order valence-corrected chi connectivity index (χ4v) is 4.21. The number of anilines is 2. The van der Waals surface area contributed by atoms with Gasteiger partial charge in [-0.3, -0.25) is 4.72 Å². The van der Waals surface area contributed by atoms with E-state index in [-0.39, 0.29) is 4.90 Å². The molecule has 2 aromatic rings. The number of rotatable bonds is 4. The number of hydrogen-bond donors (Lipinski definition) is 2. The van der Waals surface area contributed by atoms with Crippen LogP contribution in [0.1, 0.15) is 42.7 Å². The third-order valence-electron chi connectivity index (χ3n) is 4.47. The van der Waals surface area contributed by atoms with E-state index in [0.29, 0.717) is 11.6 Å². The average Bonchev–Trinajstić information content (AvgIpc) is 3.03. The third kappa shape index (κ3) is 3.50. The Hall–Kier alpha value is -2.01. The van der Waals surface area contributed by atoms with E-state index in [1.165, 1.54) is 12.8 Å². The van der Waals surface area contributed by atoms with Crippen LogP contribution in [-0.4, -0.2) is 8.42 Å². The standard InChI is InChI=1S/C18H22N2O2S/c1-13-6-9-16(10-7-13)23(21,22)20-15-8-11-18(19)17(12-15)14-4-2-3-5-14/h6-12,14,20H,2-5,19H2,1H3. The van der Waals surface area contributed by atoms with Gasteiger partial charge in [-0.05, 0) is 61.6 Å². The molecule has 0 aliphatic heterocycles. The molecule has 5 heteroatoms. The van der Waals surface area contributed by atoms with Crippen molar-refractivity contribution in [2.24, 2.45) is 0 Å². The molecule has 2 aromatic carbocycles. The summed E-state index contributed by atoms with van der Waals surface area (Å²) in [4.78, 5) is 0.266. The fourth-order valence-electron chi connectivity index (χ4n) is 3.16. The van der Waals surface area contributed by atoms with Crippen molar-refractivity contribution in [3.8, 4) is 0 Å². The first-order chi connectivity index (χ1) is 11.0. The smallest absolute Gasteiger partial charge is 0.261 e. The summed E-state index contributed by atoms with van der Waals surface area (Å²) in [6, 6.07) is 12.2. The van der Waals surface area contributed by atoms with Crippen LogP contribution in [0, 0.1) is 6.92 Å². The normalized spacial score (nSPS) is 15.7. The Morgan fingerprint density at radius 2 is 1.70 bits per heavy atom. The van der Waals surface area contributed by atoms with E-state index in [0.717, 1.165) is 29.7 Å². The minimum Gasteiger partial charge on any atom is -0.398 e. The maximum Gasteiger partial charge on any atom is 0.261 e. The molecule has 0 bridgehead atoms. The van der Waals surface area contributed by atoms with Crippen LogP contribution in [0.25, 0.3) is 0 Å². The minimum atomic E-state index is -3.57. The first kappa shape index (κ1) is 15.9. The molecule has 3 N–H and O–H groups in total. The summed E-state index contributed by atoms with van der Waals surface area (Å²) >= 11 is 0. The molecule has 1 fully saturated rings. The molecule has 0 unspecified atom stereocenters. The van der Waals surface area contributed by atoms with E-state index in [4.69, 9.17) is 5.73 Å². The van der Waals surface area contributed by atoms with Crippen LogP contribution in [-0.2, 0) is 10.0 Å². The van der Waals surface area contributed by atoms with Crippen LogP contribution in [0.5, 0.6) is 0 Å². The van der Waals surface area contributed by atoms with Crippen LogP contribution >= 0.6 is 0 Å². The van der Waals surface area contributed by atoms with Crippen LogP contribution in [0.2, 0.25) is 0 Å². The first-order valence-corrected chi connectivity index (χ1v) is 9.43. The quantitative estimate of drug-likeness (QED) is 0.831. The van der Waals surface area contributed by atoms with Crippen LogP contribution < -0.4 is 10.5 Å². The van der Waals surface area contributed by atoms with Crippen molar-refractivity contribution in [2.75, 3.05) is 10.5 Å². The van der Waals surface area contributed by atoms with Gasteiger partial charge in [0, 0.05) is 11.4 Å². The van der Waals surface area contributed by atoms with Gasteiger partial charge < -0.3 is 5.73 Å². The molecule has 0 atom stereocenters. The van der Waals surface area contributed by atoms with Gasteiger partial charge in [-0.25, -0.2) is 8.42 Å². The maximum absolute atomic E-state index is 12.5. The van der Waals surface area contributed by atoms with Gasteiger partial charge in [-0.2, -0.15) is 0 Å². The van der Waals surface area contributed by atoms with Gasteiger partial charge in [0.1, 0.15) is 0 Å². The number of nitrogens with two attached hydrogens (primary N) is 1. The molecule has 122 valence electrons. The van der Waals surface area contributed by atoms with Crippen LogP contribution in [0.4, 0.5) is 11.4 Å². The van der Waals surface area contributed by atoms with Gasteiger partial charge in [0.25, 0.3) is 10.0 Å². The number of benzene rings is 2. The van der Waals surface area contributed by atoms with Crippen molar-refractivity contribution in [2.45, 2.75) is 43.4 Å². The Bertz CT molecular complexity index is 792. The Labute approximate surface area is 137 Å². The summed E-state index contributed by atoms with van der Waals surface area (Å²) in [5, 5.41) is 0. The lowest BCUT2D eigenvalue weighted by atomic mass is 9.95. The van der Waals surface area contributed by atoms with Crippen molar-refractivity contribution in [1.29, 1.82) is 0 Å². The molecule has 4 nitrogen and oxygen atoms in total. The van der Waals surface area contributed by atoms with Crippen molar-refractivity contribution in [1.82, 2.24) is 0 Å². The monoisotopic (exact) mass is 330 g/mol. The summed E-state index contributed by atoms with van der Waals surface area (Å²) in [5.74, 6) is 0.443. The van der Waals surface area contributed by atoms with Gasteiger partial charge >= 0.3 is 0 Å². The zero-order chi connectivity index (χ0) is 16.4. The molecular formula is C18H22N2O2S. The largest absolute Gasteiger partial charge is 0.398 e. The zero-order valence-corrected chi connectivity index (χ0v) is 14.1.